The highest BCUT2D eigenvalue weighted by Gasteiger charge is 2.26. The lowest BCUT2D eigenvalue weighted by atomic mass is 9.91. The number of aromatic nitrogens is 4. The summed E-state index contributed by atoms with van der Waals surface area (Å²) >= 11 is 1.71. The van der Waals surface area contributed by atoms with E-state index in [9.17, 15) is 8.42 Å². The lowest BCUT2D eigenvalue weighted by Gasteiger charge is -2.22. The third kappa shape index (κ3) is 9.71. The van der Waals surface area contributed by atoms with Gasteiger partial charge in [0.15, 0.2) is 11.5 Å². The molecule has 0 radical (unpaired) electrons. The average molecular weight is 696 g/mol. The van der Waals surface area contributed by atoms with E-state index in [1.165, 1.54) is 49.9 Å². The fraction of sp³-hybridized carbons (Fsp3) is 0.595. The predicted molar refractivity (Wildman–Crippen MR) is 205 cm³/mol. The van der Waals surface area contributed by atoms with Crippen molar-refractivity contribution < 1.29 is 8.42 Å². The Morgan fingerprint density at radius 1 is 0.875 bits per heavy atom. The molecule has 3 aromatic heterocycles. The molecule has 4 rings (SSSR count). The summed E-state index contributed by atoms with van der Waals surface area (Å²) in [6.45, 7) is 14.6. The van der Waals surface area contributed by atoms with E-state index in [-0.39, 0.29) is 11.2 Å². The number of nitrogens with zero attached hydrogens (tertiary/aromatic N) is 6. The molecular weight excluding hydrogens is 639 g/mol. The van der Waals surface area contributed by atoms with Gasteiger partial charge in [-0.25, -0.2) is 8.42 Å². The van der Waals surface area contributed by atoms with Gasteiger partial charge in [0.05, 0.1) is 22.1 Å². The van der Waals surface area contributed by atoms with Crippen LogP contribution >= 0.6 is 11.3 Å². The van der Waals surface area contributed by atoms with Crippen LogP contribution in [-0.2, 0) is 15.4 Å². The summed E-state index contributed by atoms with van der Waals surface area (Å²) < 4.78 is 31.5. The van der Waals surface area contributed by atoms with E-state index < -0.39 is 10.0 Å². The van der Waals surface area contributed by atoms with Gasteiger partial charge in [-0.2, -0.15) is 9.61 Å². The summed E-state index contributed by atoms with van der Waals surface area (Å²) in [5.74, 6) is 0.606. The van der Waals surface area contributed by atoms with Gasteiger partial charge in [0.1, 0.15) is 0 Å². The maximum absolute atomic E-state index is 13.4. The van der Waals surface area contributed by atoms with Crippen molar-refractivity contribution in [3.05, 3.63) is 46.1 Å². The maximum atomic E-state index is 13.4. The van der Waals surface area contributed by atoms with Crippen LogP contribution in [-0.4, -0.2) is 61.2 Å². The topological polar surface area (TPSA) is 95.7 Å². The molecule has 0 fully saturated rings. The molecule has 4 aromatic rings. The molecule has 264 valence electrons. The van der Waals surface area contributed by atoms with E-state index >= 15 is 0 Å². The number of unbranched alkanes of at least 4 members (excludes halogenated alkanes) is 9. The summed E-state index contributed by atoms with van der Waals surface area (Å²) in [5, 5.41) is 16.4. The number of thiophene rings is 1. The fourth-order valence-electron chi connectivity index (χ4n) is 6.05. The number of hydrogen-bond donors (Lipinski definition) is 1. The van der Waals surface area contributed by atoms with Gasteiger partial charge in [0, 0.05) is 53.9 Å². The van der Waals surface area contributed by atoms with Crippen molar-refractivity contribution in [3.8, 4) is 11.4 Å². The van der Waals surface area contributed by atoms with Crippen LogP contribution in [0.3, 0.4) is 0 Å². The van der Waals surface area contributed by atoms with Gasteiger partial charge in [-0.05, 0) is 56.7 Å². The predicted octanol–water partition coefficient (Wildman–Crippen LogP) is 8.27. The van der Waals surface area contributed by atoms with Crippen molar-refractivity contribution in [1.82, 2.24) is 19.8 Å². The second-order valence-corrected chi connectivity index (χ2v) is 16.9. The van der Waals surface area contributed by atoms with Crippen LogP contribution in [0.25, 0.3) is 23.1 Å². The molecule has 0 unspecified atom stereocenters. The van der Waals surface area contributed by atoms with E-state index in [0.29, 0.717) is 29.1 Å². The molecule has 0 aliphatic heterocycles. The molecule has 1 aromatic carbocycles. The number of anilines is 3. The highest BCUT2D eigenvalue weighted by atomic mass is 32.2. The molecule has 11 heteroatoms. The second-order valence-electron chi connectivity index (χ2n) is 14.0. The number of benzene rings is 1. The molecule has 0 atom stereocenters. The zero-order chi connectivity index (χ0) is 34.9. The Bertz CT molecular complexity index is 1770. The molecule has 0 spiro atoms. The minimum Gasteiger partial charge on any atom is -0.372 e. The molecule has 0 aliphatic carbocycles. The molecule has 0 amide bonds. The molecule has 9 nitrogen and oxygen atoms in total. The van der Waals surface area contributed by atoms with Gasteiger partial charge in [-0.3, -0.25) is 4.72 Å². The van der Waals surface area contributed by atoms with Crippen molar-refractivity contribution in [2.45, 2.75) is 111 Å². The van der Waals surface area contributed by atoms with Gasteiger partial charge in [-0.1, -0.05) is 85.5 Å². The normalized spacial score (nSPS) is 12.7. The first-order valence-electron chi connectivity index (χ1n) is 17.8. The largest absolute Gasteiger partial charge is 0.372 e. The van der Waals surface area contributed by atoms with Crippen LogP contribution in [0.1, 0.15) is 116 Å². The van der Waals surface area contributed by atoms with E-state index in [0.717, 1.165) is 47.4 Å². The number of sulfonamides is 1. The summed E-state index contributed by atoms with van der Waals surface area (Å²) in [6, 6.07) is 10.1. The molecule has 0 aliphatic rings. The number of rotatable bonds is 19. The highest BCUT2D eigenvalue weighted by Crippen LogP contribution is 2.33. The van der Waals surface area contributed by atoms with Crippen molar-refractivity contribution in [2.75, 3.05) is 47.5 Å². The maximum Gasteiger partial charge on any atom is 0.232 e. The Morgan fingerprint density at radius 3 is 2.10 bits per heavy atom. The Hall–Kier alpha value is -3.18. The smallest absolute Gasteiger partial charge is 0.232 e. The van der Waals surface area contributed by atoms with Gasteiger partial charge in [0.2, 0.25) is 10.0 Å². The van der Waals surface area contributed by atoms with E-state index in [2.05, 4.69) is 84.5 Å². The summed E-state index contributed by atoms with van der Waals surface area (Å²) in [4.78, 5) is 5.44. The van der Waals surface area contributed by atoms with Gasteiger partial charge in [0.25, 0.3) is 0 Å². The third-order valence-electron chi connectivity index (χ3n) is 8.79. The Morgan fingerprint density at radius 2 is 1.52 bits per heavy atom. The molecule has 48 heavy (non-hydrogen) atoms. The highest BCUT2D eigenvalue weighted by molar-refractivity contribution is 7.92. The summed E-state index contributed by atoms with van der Waals surface area (Å²) in [7, 11) is 0.505. The SMILES string of the molecule is CCCCCCCCCCCCS(=O)(=O)Nc1ccc(N(CC)CC)cc1-c1nnc2/c(=C\c3ccc(N(C)C)s3)c(C(C)(C)C)nn12. The van der Waals surface area contributed by atoms with Crippen LogP contribution in [0, 0.1) is 0 Å². The average Bonchev–Trinajstić information content (AvgIpc) is 3.76. The molecule has 1 N–H and O–H groups in total. The van der Waals surface area contributed by atoms with E-state index in [1.807, 2.05) is 32.3 Å². The number of hydrogen-bond acceptors (Lipinski definition) is 8. The number of fused-ring (bicyclic) bond motifs is 1. The molecule has 0 saturated carbocycles. The van der Waals surface area contributed by atoms with Crippen LogP contribution in [0.5, 0.6) is 0 Å². The van der Waals surface area contributed by atoms with Crippen molar-refractivity contribution in [2.24, 2.45) is 0 Å². The number of nitrogens with one attached hydrogen (secondary N) is 1. The van der Waals surface area contributed by atoms with Crippen molar-refractivity contribution in [1.29, 1.82) is 0 Å². The molecular formula is C37H57N7O2S2. The first kappa shape index (κ1) is 37.6. The molecule has 3 heterocycles. The zero-order valence-corrected chi connectivity index (χ0v) is 32.1. The third-order valence-corrected chi connectivity index (χ3v) is 11.3. The first-order valence-corrected chi connectivity index (χ1v) is 20.3. The Labute approximate surface area is 292 Å². The summed E-state index contributed by atoms with van der Waals surface area (Å²) in [5.41, 5.74) is 3.46. The van der Waals surface area contributed by atoms with Crippen molar-refractivity contribution >= 4 is 49.5 Å². The van der Waals surface area contributed by atoms with E-state index in [4.69, 9.17) is 5.10 Å². The minimum absolute atomic E-state index is 0.0909. The minimum atomic E-state index is -3.58. The standard InChI is InChI=1S/C37H57N7O2S2/c1-9-12-13-14-15-16-17-18-19-20-25-48(45,46)41-32-23-21-28(43(10-2)11-3)26-30(32)35-38-39-36-31(34(37(4,5)6)40-44(35)36)27-29-22-24-33(47-29)42(7)8/h21-24,26-27,41H,9-20,25H2,1-8H3/b31-27-. The first-order chi connectivity index (χ1) is 22.9. The van der Waals surface area contributed by atoms with Crippen LogP contribution in [0.4, 0.5) is 16.4 Å². The molecule has 0 bridgehead atoms. The van der Waals surface area contributed by atoms with Crippen molar-refractivity contribution in [3.63, 3.8) is 0 Å². The Balaban J connectivity index is 1.64. The fourth-order valence-corrected chi connectivity index (χ4v) is 8.12. The quantitative estimate of drug-likeness (QED) is 0.0987. The van der Waals surface area contributed by atoms with E-state index in [1.54, 1.807) is 15.9 Å². The van der Waals surface area contributed by atoms with Crippen LogP contribution < -0.4 is 19.7 Å². The zero-order valence-electron chi connectivity index (χ0n) is 30.5. The van der Waals surface area contributed by atoms with Crippen LogP contribution in [0.2, 0.25) is 0 Å². The molecule has 0 saturated heterocycles. The second kappa shape index (κ2) is 17.0. The van der Waals surface area contributed by atoms with Gasteiger partial charge < -0.3 is 9.80 Å². The summed E-state index contributed by atoms with van der Waals surface area (Å²) in [6.07, 6.45) is 13.7. The van der Waals surface area contributed by atoms with Gasteiger partial charge >= 0.3 is 0 Å². The lowest BCUT2D eigenvalue weighted by Crippen LogP contribution is -2.22. The Kier molecular flexibility index (Phi) is 13.3. The lowest BCUT2D eigenvalue weighted by molar-refractivity contribution is 0.558. The van der Waals surface area contributed by atoms with Gasteiger partial charge in [-0.15, -0.1) is 21.5 Å². The van der Waals surface area contributed by atoms with Crippen LogP contribution in [0.15, 0.2) is 30.3 Å². The monoisotopic (exact) mass is 695 g/mol.